The summed E-state index contributed by atoms with van der Waals surface area (Å²) in [6, 6.07) is 5.65. The minimum Gasteiger partial charge on any atom is -0.477 e. The van der Waals surface area contributed by atoms with Crippen LogP contribution in [-0.4, -0.2) is 27.0 Å². The topological polar surface area (TPSA) is 115 Å². The molecule has 0 unspecified atom stereocenters. The summed E-state index contributed by atoms with van der Waals surface area (Å²) in [5.74, 6) is -1.76. The number of carboxylic acid groups (broad SMARTS) is 1. The van der Waals surface area contributed by atoms with E-state index in [0.29, 0.717) is 5.69 Å². The number of carboxylic acids is 1. The van der Waals surface area contributed by atoms with E-state index in [-0.39, 0.29) is 17.1 Å². The van der Waals surface area contributed by atoms with Gasteiger partial charge in [-0.25, -0.2) is 4.79 Å². The Kier molecular flexibility index (Phi) is 3.19. The fraction of sp³-hybridized carbons (Fsp3) is 0.0833. The average molecular weight is 261 g/mol. The van der Waals surface area contributed by atoms with E-state index in [0.717, 1.165) is 0 Å². The molecule has 0 aromatic carbocycles. The summed E-state index contributed by atoms with van der Waals surface area (Å²) in [6.07, 6.45) is 0. The molecule has 7 heteroatoms. The smallest absolute Gasteiger partial charge is 0.354 e. The largest absolute Gasteiger partial charge is 0.477 e. The van der Waals surface area contributed by atoms with E-state index in [1.54, 1.807) is 6.92 Å². The van der Waals surface area contributed by atoms with Crippen LogP contribution in [0.15, 0.2) is 29.1 Å². The monoisotopic (exact) mass is 261 g/mol. The first-order valence-corrected chi connectivity index (χ1v) is 5.41. The summed E-state index contributed by atoms with van der Waals surface area (Å²) in [7, 11) is 0. The number of aromatic amines is 2. The van der Waals surface area contributed by atoms with Crippen molar-refractivity contribution in [1.29, 1.82) is 0 Å². The fourth-order valence-electron chi connectivity index (χ4n) is 1.63. The maximum absolute atomic E-state index is 11.9. The molecule has 0 bridgehead atoms. The maximum atomic E-state index is 11.9. The molecular formula is C12H11N3O4. The average Bonchev–Trinajstić information content (AvgIpc) is 2.70. The van der Waals surface area contributed by atoms with Crippen LogP contribution in [0.4, 0.5) is 5.69 Å². The lowest BCUT2D eigenvalue weighted by Gasteiger charge is -2.03. The number of carbonyl (C=O) groups is 2. The van der Waals surface area contributed by atoms with Crippen LogP contribution in [0.25, 0.3) is 0 Å². The Hall–Kier alpha value is -2.83. The van der Waals surface area contributed by atoms with Crippen LogP contribution in [0.1, 0.15) is 26.7 Å². The highest BCUT2D eigenvalue weighted by atomic mass is 16.4. The molecule has 98 valence electrons. The molecule has 4 N–H and O–H groups in total. The Morgan fingerprint density at radius 1 is 1.26 bits per heavy atom. The van der Waals surface area contributed by atoms with Gasteiger partial charge >= 0.3 is 5.97 Å². The number of amides is 1. The minimum atomic E-state index is -1.18. The lowest BCUT2D eigenvalue weighted by Crippen LogP contribution is -2.18. The number of rotatable bonds is 3. The zero-order chi connectivity index (χ0) is 14.0. The van der Waals surface area contributed by atoms with Crippen molar-refractivity contribution in [2.75, 3.05) is 5.32 Å². The number of hydrogen-bond acceptors (Lipinski definition) is 3. The molecule has 0 fully saturated rings. The van der Waals surface area contributed by atoms with E-state index in [1.165, 1.54) is 24.3 Å². The van der Waals surface area contributed by atoms with Crippen LogP contribution in [0.3, 0.4) is 0 Å². The molecule has 2 aromatic heterocycles. The van der Waals surface area contributed by atoms with Crippen LogP contribution in [0.2, 0.25) is 0 Å². The normalized spacial score (nSPS) is 10.2. The molecule has 0 saturated heterocycles. The molecule has 1 amide bonds. The van der Waals surface area contributed by atoms with Crippen LogP contribution < -0.4 is 10.9 Å². The standard InChI is InChI=1S/C12H11N3O4/c1-6-5-8(10(13-6)12(18)19)15-11(17)7-3-2-4-9(16)14-7/h2-5,13H,1H3,(H,14,16)(H,15,17)(H,18,19). The third-order valence-electron chi connectivity index (χ3n) is 2.43. The number of H-pyrrole nitrogens is 2. The second-order valence-corrected chi connectivity index (χ2v) is 3.93. The minimum absolute atomic E-state index is 0.0580. The van der Waals surface area contributed by atoms with Gasteiger partial charge in [0.25, 0.3) is 5.91 Å². The van der Waals surface area contributed by atoms with Crippen LogP contribution in [-0.2, 0) is 0 Å². The van der Waals surface area contributed by atoms with Gasteiger partial charge in [-0.15, -0.1) is 0 Å². The van der Waals surface area contributed by atoms with E-state index >= 15 is 0 Å². The van der Waals surface area contributed by atoms with Crippen molar-refractivity contribution in [2.45, 2.75) is 6.92 Å². The first-order chi connectivity index (χ1) is 8.97. The van der Waals surface area contributed by atoms with E-state index in [4.69, 9.17) is 5.11 Å². The molecule has 0 radical (unpaired) electrons. The number of aromatic nitrogens is 2. The van der Waals surface area contributed by atoms with Gasteiger partial charge < -0.3 is 20.4 Å². The van der Waals surface area contributed by atoms with Crippen molar-refractivity contribution < 1.29 is 14.7 Å². The predicted octanol–water partition coefficient (Wildman–Crippen LogP) is 0.962. The highest BCUT2D eigenvalue weighted by Gasteiger charge is 2.16. The molecule has 0 spiro atoms. The summed E-state index contributed by atoms with van der Waals surface area (Å²) in [5.41, 5.74) is 0.303. The van der Waals surface area contributed by atoms with Crippen LogP contribution >= 0.6 is 0 Å². The number of hydrogen-bond donors (Lipinski definition) is 4. The SMILES string of the molecule is Cc1cc(NC(=O)c2cccc(=O)[nH]2)c(C(=O)O)[nH]1. The molecule has 0 aliphatic carbocycles. The lowest BCUT2D eigenvalue weighted by molar-refractivity contribution is 0.0692. The Labute approximate surface area is 107 Å². The third-order valence-corrected chi connectivity index (χ3v) is 2.43. The predicted molar refractivity (Wildman–Crippen MR) is 67.5 cm³/mol. The molecule has 0 aliphatic heterocycles. The van der Waals surface area contributed by atoms with Gasteiger partial charge in [0, 0.05) is 11.8 Å². The second-order valence-electron chi connectivity index (χ2n) is 3.93. The van der Waals surface area contributed by atoms with Gasteiger partial charge in [0.05, 0.1) is 5.69 Å². The highest BCUT2D eigenvalue weighted by molar-refractivity contribution is 6.06. The summed E-state index contributed by atoms with van der Waals surface area (Å²) in [5, 5.41) is 11.4. The van der Waals surface area contributed by atoms with Gasteiger partial charge in [-0.2, -0.15) is 0 Å². The number of aryl methyl sites for hydroxylation is 1. The Morgan fingerprint density at radius 2 is 2.00 bits per heavy atom. The molecule has 7 nitrogen and oxygen atoms in total. The second kappa shape index (κ2) is 4.81. The molecule has 2 aromatic rings. The Balaban J connectivity index is 2.29. The van der Waals surface area contributed by atoms with Crippen molar-refractivity contribution in [2.24, 2.45) is 0 Å². The Morgan fingerprint density at radius 3 is 2.63 bits per heavy atom. The number of pyridine rings is 1. The van der Waals surface area contributed by atoms with E-state index in [2.05, 4.69) is 15.3 Å². The first-order valence-electron chi connectivity index (χ1n) is 5.41. The van der Waals surface area contributed by atoms with Gasteiger partial charge in [-0.1, -0.05) is 6.07 Å². The first kappa shape index (κ1) is 12.6. The van der Waals surface area contributed by atoms with E-state index < -0.39 is 17.4 Å². The Bertz CT molecular complexity index is 699. The van der Waals surface area contributed by atoms with Crippen LogP contribution in [0, 0.1) is 6.92 Å². The zero-order valence-corrected chi connectivity index (χ0v) is 9.98. The molecular weight excluding hydrogens is 250 g/mol. The molecule has 19 heavy (non-hydrogen) atoms. The highest BCUT2D eigenvalue weighted by Crippen LogP contribution is 2.17. The molecule has 2 heterocycles. The number of anilines is 1. The van der Waals surface area contributed by atoms with Crippen molar-refractivity contribution in [3.63, 3.8) is 0 Å². The fourth-order valence-corrected chi connectivity index (χ4v) is 1.63. The van der Waals surface area contributed by atoms with Gasteiger partial charge in [0.15, 0.2) is 0 Å². The van der Waals surface area contributed by atoms with E-state index in [9.17, 15) is 14.4 Å². The van der Waals surface area contributed by atoms with Crippen molar-refractivity contribution >= 4 is 17.6 Å². The van der Waals surface area contributed by atoms with Gasteiger partial charge in [0.2, 0.25) is 5.56 Å². The molecule has 0 atom stereocenters. The third kappa shape index (κ3) is 2.71. The van der Waals surface area contributed by atoms with Crippen molar-refractivity contribution in [3.05, 3.63) is 51.7 Å². The summed E-state index contributed by atoms with van der Waals surface area (Å²) >= 11 is 0. The van der Waals surface area contributed by atoms with Crippen LogP contribution in [0.5, 0.6) is 0 Å². The number of carbonyl (C=O) groups excluding carboxylic acids is 1. The summed E-state index contributed by atoms with van der Waals surface area (Å²) in [6.45, 7) is 1.67. The van der Waals surface area contributed by atoms with Gasteiger partial charge in [-0.3, -0.25) is 9.59 Å². The lowest BCUT2D eigenvalue weighted by atomic mass is 10.3. The zero-order valence-electron chi connectivity index (χ0n) is 9.98. The number of aromatic carboxylic acids is 1. The molecule has 0 aliphatic rings. The summed E-state index contributed by atoms with van der Waals surface area (Å²) < 4.78 is 0. The van der Waals surface area contributed by atoms with Gasteiger partial charge in [0.1, 0.15) is 11.4 Å². The quantitative estimate of drug-likeness (QED) is 0.658. The number of nitrogens with one attached hydrogen (secondary N) is 3. The summed E-state index contributed by atoms with van der Waals surface area (Å²) in [4.78, 5) is 38.9. The molecule has 0 saturated carbocycles. The van der Waals surface area contributed by atoms with Crippen molar-refractivity contribution in [1.82, 2.24) is 9.97 Å². The van der Waals surface area contributed by atoms with Gasteiger partial charge in [-0.05, 0) is 19.1 Å². The van der Waals surface area contributed by atoms with E-state index in [1.807, 2.05) is 0 Å². The van der Waals surface area contributed by atoms with Crippen molar-refractivity contribution in [3.8, 4) is 0 Å². The molecule has 2 rings (SSSR count). The maximum Gasteiger partial charge on any atom is 0.354 e.